The van der Waals surface area contributed by atoms with Crippen molar-refractivity contribution in [3.63, 3.8) is 0 Å². The molecular weight excluding hydrogens is 186 g/mol. The third kappa shape index (κ3) is 3.66. The normalized spacial score (nSPS) is 12.8. The van der Waals surface area contributed by atoms with Crippen LogP contribution in [0.25, 0.3) is 0 Å². The van der Waals surface area contributed by atoms with E-state index < -0.39 is 0 Å². The number of aromatic hydroxyl groups is 1. The summed E-state index contributed by atoms with van der Waals surface area (Å²) in [6.45, 7) is 2.76. The highest BCUT2D eigenvalue weighted by atomic mass is 35.5. The van der Waals surface area contributed by atoms with Crippen LogP contribution < -0.4 is 5.32 Å². The van der Waals surface area contributed by atoms with Gasteiger partial charge in [0.15, 0.2) is 0 Å². The van der Waals surface area contributed by atoms with Gasteiger partial charge in [-0.15, -0.1) is 11.6 Å². The molecule has 0 radical (unpaired) electrons. The fraction of sp³-hybridized carbons (Fsp3) is 0.400. The first-order valence-electron chi connectivity index (χ1n) is 4.29. The number of hydrogen-bond donors (Lipinski definition) is 2. The molecule has 0 spiro atoms. The van der Waals surface area contributed by atoms with Gasteiger partial charge >= 0.3 is 0 Å². The van der Waals surface area contributed by atoms with E-state index in [2.05, 4.69) is 5.32 Å². The van der Waals surface area contributed by atoms with E-state index in [1.807, 2.05) is 19.1 Å². The largest absolute Gasteiger partial charge is 0.508 e. The van der Waals surface area contributed by atoms with Gasteiger partial charge in [-0.05, 0) is 24.6 Å². The quantitative estimate of drug-likeness (QED) is 0.729. The summed E-state index contributed by atoms with van der Waals surface area (Å²) in [4.78, 5) is 0. The van der Waals surface area contributed by atoms with Crippen molar-refractivity contribution in [2.24, 2.45) is 0 Å². The molecular formula is C10H14ClNO. The minimum atomic E-state index is 0.295. The molecule has 1 atom stereocenters. The lowest BCUT2D eigenvalue weighted by atomic mass is 10.2. The lowest BCUT2D eigenvalue weighted by Crippen LogP contribution is -2.26. The number of hydrogen-bond acceptors (Lipinski definition) is 2. The summed E-state index contributed by atoms with van der Waals surface area (Å²) in [6.07, 6.45) is 0. The Labute approximate surface area is 83.5 Å². The minimum Gasteiger partial charge on any atom is -0.508 e. The average Bonchev–Trinajstić information content (AvgIpc) is 2.14. The smallest absolute Gasteiger partial charge is 0.115 e. The second-order valence-corrected chi connectivity index (χ2v) is 3.41. The number of alkyl halides is 1. The Bertz CT molecular complexity index is 265. The van der Waals surface area contributed by atoms with Crippen molar-refractivity contribution in [3.8, 4) is 5.75 Å². The van der Waals surface area contributed by atoms with Crippen molar-refractivity contribution in [3.05, 3.63) is 29.8 Å². The summed E-state index contributed by atoms with van der Waals surface area (Å²) in [5, 5.41) is 12.4. The van der Waals surface area contributed by atoms with Gasteiger partial charge in [0.1, 0.15) is 5.75 Å². The molecule has 1 unspecified atom stereocenters. The van der Waals surface area contributed by atoms with E-state index in [0.29, 0.717) is 17.7 Å². The van der Waals surface area contributed by atoms with Gasteiger partial charge < -0.3 is 10.4 Å². The van der Waals surface area contributed by atoms with Crippen LogP contribution >= 0.6 is 11.6 Å². The highest BCUT2D eigenvalue weighted by molar-refractivity contribution is 6.18. The highest BCUT2D eigenvalue weighted by Gasteiger charge is 1.99. The first-order chi connectivity index (χ1) is 6.22. The first kappa shape index (κ1) is 10.4. The fourth-order valence-electron chi connectivity index (χ4n) is 1.01. The summed E-state index contributed by atoms with van der Waals surface area (Å²) in [7, 11) is 0. The summed E-state index contributed by atoms with van der Waals surface area (Å²) in [6, 6.07) is 7.50. The van der Waals surface area contributed by atoms with Gasteiger partial charge in [0, 0.05) is 18.5 Å². The molecule has 0 saturated heterocycles. The zero-order chi connectivity index (χ0) is 9.68. The Morgan fingerprint density at radius 2 is 2.31 bits per heavy atom. The maximum Gasteiger partial charge on any atom is 0.115 e. The molecule has 0 aliphatic carbocycles. The highest BCUT2D eigenvalue weighted by Crippen LogP contribution is 2.10. The minimum absolute atomic E-state index is 0.295. The van der Waals surface area contributed by atoms with Crippen molar-refractivity contribution in [2.75, 3.05) is 5.88 Å². The van der Waals surface area contributed by atoms with Crippen LogP contribution in [0.1, 0.15) is 12.5 Å². The van der Waals surface area contributed by atoms with E-state index in [1.165, 1.54) is 0 Å². The predicted octanol–water partition coefficient (Wildman–Crippen LogP) is 2.11. The van der Waals surface area contributed by atoms with Crippen LogP contribution in [-0.4, -0.2) is 17.0 Å². The lowest BCUT2D eigenvalue weighted by Gasteiger charge is -2.09. The molecule has 1 rings (SSSR count). The van der Waals surface area contributed by atoms with Gasteiger partial charge in [0.2, 0.25) is 0 Å². The zero-order valence-corrected chi connectivity index (χ0v) is 8.38. The molecule has 2 N–H and O–H groups in total. The van der Waals surface area contributed by atoms with E-state index in [-0.39, 0.29) is 0 Å². The Kier molecular flexibility index (Phi) is 4.06. The maximum atomic E-state index is 9.18. The summed E-state index contributed by atoms with van der Waals surface area (Å²) >= 11 is 5.64. The number of rotatable bonds is 4. The van der Waals surface area contributed by atoms with Crippen LogP contribution in [0.5, 0.6) is 5.75 Å². The van der Waals surface area contributed by atoms with E-state index in [9.17, 15) is 5.11 Å². The Hall–Kier alpha value is -0.730. The third-order valence-corrected chi connectivity index (χ3v) is 2.26. The number of benzene rings is 1. The molecule has 0 aliphatic heterocycles. The average molecular weight is 200 g/mol. The van der Waals surface area contributed by atoms with Gasteiger partial charge in [-0.1, -0.05) is 12.1 Å². The lowest BCUT2D eigenvalue weighted by molar-refractivity contribution is 0.473. The Balaban J connectivity index is 2.45. The molecule has 0 aliphatic rings. The molecule has 2 nitrogen and oxygen atoms in total. The van der Waals surface area contributed by atoms with Gasteiger partial charge in [-0.2, -0.15) is 0 Å². The molecule has 3 heteroatoms. The predicted molar refractivity (Wildman–Crippen MR) is 55.1 cm³/mol. The number of halogens is 1. The third-order valence-electron chi connectivity index (χ3n) is 1.80. The summed E-state index contributed by atoms with van der Waals surface area (Å²) in [5.74, 6) is 0.900. The molecule has 0 saturated carbocycles. The summed E-state index contributed by atoms with van der Waals surface area (Å²) < 4.78 is 0. The maximum absolute atomic E-state index is 9.18. The van der Waals surface area contributed by atoms with Crippen LogP contribution in [0, 0.1) is 0 Å². The van der Waals surface area contributed by atoms with Crippen LogP contribution in [0.3, 0.4) is 0 Å². The van der Waals surface area contributed by atoms with E-state index in [1.54, 1.807) is 12.1 Å². The molecule has 0 amide bonds. The molecule has 1 aromatic rings. The van der Waals surface area contributed by atoms with Crippen LogP contribution in [0.15, 0.2) is 24.3 Å². The molecule has 0 bridgehead atoms. The number of nitrogens with one attached hydrogen (secondary N) is 1. The first-order valence-corrected chi connectivity index (χ1v) is 4.83. The van der Waals surface area contributed by atoms with Crippen LogP contribution in [0.4, 0.5) is 0 Å². The van der Waals surface area contributed by atoms with Crippen molar-refractivity contribution in [1.29, 1.82) is 0 Å². The van der Waals surface area contributed by atoms with Crippen molar-refractivity contribution >= 4 is 11.6 Å². The van der Waals surface area contributed by atoms with Crippen molar-refractivity contribution < 1.29 is 5.11 Å². The second kappa shape index (κ2) is 5.10. The van der Waals surface area contributed by atoms with Crippen LogP contribution in [-0.2, 0) is 6.54 Å². The van der Waals surface area contributed by atoms with E-state index in [4.69, 9.17) is 11.6 Å². The molecule has 0 heterocycles. The number of phenolic OH excluding ortho intramolecular Hbond substituents is 1. The fourth-order valence-corrected chi connectivity index (χ4v) is 1.12. The Morgan fingerprint density at radius 1 is 1.54 bits per heavy atom. The van der Waals surface area contributed by atoms with E-state index >= 15 is 0 Å². The van der Waals surface area contributed by atoms with Gasteiger partial charge in [-0.3, -0.25) is 0 Å². The number of phenols is 1. The molecule has 72 valence electrons. The molecule has 0 aromatic heterocycles. The van der Waals surface area contributed by atoms with Gasteiger partial charge in [-0.25, -0.2) is 0 Å². The zero-order valence-electron chi connectivity index (χ0n) is 7.63. The van der Waals surface area contributed by atoms with Crippen molar-refractivity contribution in [2.45, 2.75) is 19.5 Å². The molecule has 0 fully saturated rings. The van der Waals surface area contributed by atoms with Gasteiger partial charge in [0.05, 0.1) is 0 Å². The topological polar surface area (TPSA) is 32.3 Å². The molecule has 1 aromatic carbocycles. The van der Waals surface area contributed by atoms with Gasteiger partial charge in [0.25, 0.3) is 0 Å². The monoisotopic (exact) mass is 199 g/mol. The second-order valence-electron chi connectivity index (χ2n) is 3.11. The molecule has 13 heavy (non-hydrogen) atoms. The summed E-state index contributed by atoms with van der Waals surface area (Å²) in [5.41, 5.74) is 1.07. The van der Waals surface area contributed by atoms with Crippen LogP contribution in [0.2, 0.25) is 0 Å². The SMILES string of the molecule is CC(CCl)NCc1cccc(O)c1. The van der Waals surface area contributed by atoms with Crippen molar-refractivity contribution in [1.82, 2.24) is 5.32 Å². The standard InChI is InChI=1S/C10H14ClNO/c1-8(6-11)12-7-9-3-2-4-10(13)5-9/h2-5,8,12-13H,6-7H2,1H3. The Morgan fingerprint density at radius 3 is 2.92 bits per heavy atom. The van der Waals surface area contributed by atoms with E-state index in [0.717, 1.165) is 12.1 Å².